The minimum Gasteiger partial charge on any atom is -0.481 e. The highest BCUT2D eigenvalue weighted by atomic mass is 16.5. The average Bonchev–Trinajstić information content (AvgIpc) is 2.23. The van der Waals surface area contributed by atoms with E-state index >= 15 is 0 Å². The molecule has 0 aromatic carbocycles. The summed E-state index contributed by atoms with van der Waals surface area (Å²) >= 11 is 0. The van der Waals surface area contributed by atoms with Crippen LogP contribution < -0.4 is 0 Å². The first-order valence-electron chi connectivity index (χ1n) is 5.38. The SMILES string of the molecule is COC(=O)/C(=C\C(=O)O)C(C)CC(C)(C)C(=O)O. The molecule has 0 radical (unpaired) electrons. The molecule has 2 N–H and O–H groups in total. The second kappa shape index (κ2) is 6.18. The zero-order valence-electron chi connectivity index (χ0n) is 10.9. The van der Waals surface area contributed by atoms with Crippen molar-refractivity contribution in [2.45, 2.75) is 27.2 Å². The van der Waals surface area contributed by atoms with Gasteiger partial charge in [0.05, 0.1) is 12.5 Å². The summed E-state index contributed by atoms with van der Waals surface area (Å²) in [6.07, 6.45) is 0.894. The Morgan fingerprint density at radius 2 is 1.78 bits per heavy atom. The zero-order chi connectivity index (χ0) is 14.5. The Bertz CT molecular complexity index is 380. The van der Waals surface area contributed by atoms with Crippen LogP contribution in [-0.2, 0) is 19.1 Å². The van der Waals surface area contributed by atoms with Crippen LogP contribution in [0.2, 0.25) is 0 Å². The maximum atomic E-state index is 11.4. The molecule has 0 aliphatic heterocycles. The zero-order valence-corrected chi connectivity index (χ0v) is 10.9. The predicted octanol–water partition coefficient (Wildman–Crippen LogP) is 1.31. The molecule has 0 aliphatic rings. The first kappa shape index (κ1) is 16.1. The van der Waals surface area contributed by atoms with Crippen molar-refractivity contribution in [1.82, 2.24) is 0 Å². The van der Waals surface area contributed by atoms with Gasteiger partial charge in [0.25, 0.3) is 0 Å². The Morgan fingerprint density at radius 1 is 1.28 bits per heavy atom. The quantitative estimate of drug-likeness (QED) is 0.550. The molecular formula is C12H18O6. The summed E-state index contributed by atoms with van der Waals surface area (Å²) < 4.78 is 4.49. The first-order valence-corrected chi connectivity index (χ1v) is 5.38. The highest BCUT2D eigenvalue weighted by molar-refractivity contribution is 5.96. The van der Waals surface area contributed by atoms with E-state index in [9.17, 15) is 14.4 Å². The van der Waals surface area contributed by atoms with Crippen LogP contribution in [0, 0.1) is 11.3 Å². The minimum absolute atomic E-state index is 0.0423. The van der Waals surface area contributed by atoms with Crippen LogP contribution in [0.5, 0.6) is 0 Å². The Labute approximate surface area is 105 Å². The van der Waals surface area contributed by atoms with Gasteiger partial charge in [-0.2, -0.15) is 0 Å². The van der Waals surface area contributed by atoms with Crippen LogP contribution >= 0.6 is 0 Å². The van der Waals surface area contributed by atoms with Crippen LogP contribution in [-0.4, -0.2) is 35.2 Å². The van der Waals surface area contributed by atoms with Gasteiger partial charge < -0.3 is 14.9 Å². The van der Waals surface area contributed by atoms with E-state index < -0.39 is 29.2 Å². The molecule has 0 saturated heterocycles. The van der Waals surface area contributed by atoms with Gasteiger partial charge >= 0.3 is 17.9 Å². The molecule has 0 aliphatic carbocycles. The molecule has 0 aromatic heterocycles. The maximum absolute atomic E-state index is 11.4. The summed E-state index contributed by atoms with van der Waals surface area (Å²) in [7, 11) is 1.15. The van der Waals surface area contributed by atoms with Gasteiger partial charge in [-0.1, -0.05) is 6.92 Å². The van der Waals surface area contributed by atoms with Crippen molar-refractivity contribution < 1.29 is 29.3 Å². The van der Waals surface area contributed by atoms with Crippen molar-refractivity contribution in [3.8, 4) is 0 Å². The summed E-state index contributed by atoms with van der Waals surface area (Å²) in [5.41, 5.74) is -1.09. The van der Waals surface area contributed by atoms with Gasteiger partial charge in [0, 0.05) is 11.6 Å². The fraction of sp³-hybridized carbons (Fsp3) is 0.583. The topological polar surface area (TPSA) is 101 Å². The summed E-state index contributed by atoms with van der Waals surface area (Å²) in [6, 6.07) is 0. The molecule has 1 unspecified atom stereocenters. The van der Waals surface area contributed by atoms with Crippen LogP contribution in [0.1, 0.15) is 27.2 Å². The van der Waals surface area contributed by atoms with Gasteiger partial charge in [-0.3, -0.25) is 4.79 Å². The van der Waals surface area contributed by atoms with Crippen molar-refractivity contribution in [2.24, 2.45) is 11.3 Å². The molecule has 6 nitrogen and oxygen atoms in total. The lowest BCUT2D eigenvalue weighted by molar-refractivity contribution is -0.148. The lowest BCUT2D eigenvalue weighted by atomic mass is 9.80. The number of hydrogen-bond donors (Lipinski definition) is 2. The molecule has 0 bridgehead atoms. The summed E-state index contributed by atoms with van der Waals surface area (Å²) in [5.74, 6) is -3.56. The van der Waals surface area contributed by atoms with Gasteiger partial charge in [0.15, 0.2) is 0 Å². The normalized spacial score (nSPS) is 13.9. The van der Waals surface area contributed by atoms with Crippen LogP contribution in [0.4, 0.5) is 0 Å². The van der Waals surface area contributed by atoms with Gasteiger partial charge in [0.2, 0.25) is 0 Å². The van der Waals surface area contributed by atoms with Crippen LogP contribution in [0.3, 0.4) is 0 Å². The Balaban J connectivity index is 5.11. The Kier molecular flexibility index (Phi) is 5.55. The fourth-order valence-electron chi connectivity index (χ4n) is 1.62. The van der Waals surface area contributed by atoms with E-state index in [0.717, 1.165) is 13.2 Å². The Hall–Kier alpha value is -1.85. The minimum atomic E-state index is -1.27. The third-order valence-electron chi connectivity index (χ3n) is 2.63. The second-order valence-electron chi connectivity index (χ2n) is 4.72. The number of carboxylic acids is 2. The number of carboxylic acid groups (broad SMARTS) is 2. The molecule has 0 heterocycles. The van der Waals surface area contributed by atoms with Crippen molar-refractivity contribution in [2.75, 3.05) is 7.11 Å². The number of hydrogen-bond acceptors (Lipinski definition) is 4. The first-order chi connectivity index (χ1) is 8.11. The van der Waals surface area contributed by atoms with Crippen molar-refractivity contribution in [1.29, 1.82) is 0 Å². The molecular weight excluding hydrogens is 240 g/mol. The fourth-order valence-corrected chi connectivity index (χ4v) is 1.62. The van der Waals surface area contributed by atoms with Crippen LogP contribution in [0.25, 0.3) is 0 Å². The summed E-state index contributed by atoms with van der Waals surface area (Å²) in [6.45, 7) is 4.62. The van der Waals surface area contributed by atoms with Crippen molar-refractivity contribution >= 4 is 17.9 Å². The molecule has 0 aromatic rings. The molecule has 0 rings (SSSR count). The summed E-state index contributed by atoms with van der Waals surface area (Å²) in [4.78, 5) is 33.1. The monoisotopic (exact) mass is 258 g/mol. The van der Waals surface area contributed by atoms with Gasteiger partial charge in [-0.15, -0.1) is 0 Å². The third kappa shape index (κ3) is 4.57. The van der Waals surface area contributed by atoms with E-state index in [1.165, 1.54) is 13.8 Å². The van der Waals surface area contributed by atoms with E-state index in [1.807, 2.05) is 0 Å². The number of methoxy groups -OCH3 is 1. The van der Waals surface area contributed by atoms with Gasteiger partial charge in [-0.25, -0.2) is 9.59 Å². The smallest absolute Gasteiger partial charge is 0.334 e. The molecule has 6 heteroatoms. The van der Waals surface area contributed by atoms with Crippen LogP contribution in [0.15, 0.2) is 11.6 Å². The van der Waals surface area contributed by atoms with E-state index in [1.54, 1.807) is 6.92 Å². The number of carbonyl (C=O) groups excluding carboxylic acids is 1. The molecule has 0 saturated carbocycles. The molecule has 0 fully saturated rings. The third-order valence-corrected chi connectivity index (χ3v) is 2.63. The van der Waals surface area contributed by atoms with Gasteiger partial charge in [-0.05, 0) is 26.2 Å². The number of carbonyl (C=O) groups is 3. The number of rotatable bonds is 6. The average molecular weight is 258 g/mol. The summed E-state index contributed by atoms with van der Waals surface area (Å²) in [5, 5.41) is 17.7. The van der Waals surface area contributed by atoms with E-state index in [0.29, 0.717) is 0 Å². The molecule has 0 spiro atoms. The van der Waals surface area contributed by atoms with E-state index in [-0.39, 0.29) is 12.0 Å². The van der Waals surface area contributed by atoms with E-state index in [4.69, 9.17) is 10.2 Å². The number of aliphatic carboxylic acids is 2. The predicted molar refractivity (Wildman–Crippen MR) is 62.9 cm³/mol. The Morgan fingerprint density at radius 3 is 2.11 bits per heavy atom. The molecule has 18 heavy (non-hydrogen) atoms. The highest BCUT2D eigenvalue weighted by Crippen LogP contribution is 2.29. The largest absolute Gasteiger partial charge is 0.481 e. The lowest BCUT2D eigenvalue weighted by Gasteiger charge is -2.24. The maximum Gasteiger partial charge on any atom is 0.334 e. The molecule has 0 amide bonds. The second-order valence-corrected chi connectivity index (χ2v) is 4.72. The van der Waals surface area contributed by atoms with E-state index in [2.05, 4.69) is 4.74 Å². The standard InChI is InChI=1S/C12H18O6/c1-7(6-12(2,3)11(16)17)8(5-9(13)14)10(15)18-4/h5,7H,6H2,1-4H3,(H,13,14)(H,16,17)/b8-5-. The number of esters is 1. The lowest BCUT2D eigenvalue weighted by Crippen LogP contribution is -2.28. The van der Waals surface area contributed by atoms with Gasteiger partial charge in [0.1, 0.15) is 0 Å². The van der Waals surface area contributed by atoms with Crippen molar-refractivity contribution in [3.63, 3.8) is 0 Å². The van der Waals surface area contributed by atoms with Crippen molar-refractivity contribution in [3.05, 3.63) is 11.6 Å². The number of ether oxygens (including phenoxy) is 1. The molecule has 1 atom stereocenters. The molecule has 102 valence electrons. The highest BCUT2D eigenvalue weighted by Gasteiger charge is 2.32.